The number of nitro groups is 1. The molecule has 0 spiro atoms. The van der Waals surface area contributed by atoms with Gasteiger partial charge in [-0.15, -0.1) is 0 Å². The SMILES string of the molecule is O=C(c1ccc(COc2ccc([N+](=O)[O-])cc2)o1)N1N=CC[C@@]1(O)C(F)(F)F. The number of hydrogen-bond donors (Lipinski definition) is 1. The summed E-state index contributed by atoms with van der Waals surface area (Å²) in [6, 6.07) is 7.61. The second-order valence-corrected chi connectivity index (χ2v) is 5.74. The van der Waals surface area contributed by atoms with E-state index in [1.165, 1.54) is 30.3 Å². The Hall–Kier alpha value is -3.41. The van der Waals surface area contributed by atoms with Gasteiger partial charge in [-0.1, -0.05) is 0 Å². The fourth-order valence-electron chi connectivity index (χ4n) is 2.38. The lowest BCUT2D eigenvalue weighted by atomic mass is 10.1. The summed E-state index contributed by atoms with van der Waals surface area (Å²) in [5.74, 6) is -1.34. The molecular formula is C16H12F3N3O6. The number of non-ortho nitro benzene ring substituents is 1. The van der Waals surface area contributed by atoms with Crippen LogP contribution in [0.4, 0.5) is 18.9 Å². The summed E-state index contributed by atoms with van der Waals surface area (Å²) in [6.45, 7) is -0.183. The number of carbonyl (C=O) groups is 1. The Kier molecular flexibility index (Phi) is 4.81. The van der Waals surface area contributed by atoms with E-state index in [1.54, 1.807) is 0 Å². The third kappa shape index (κ3) is 3.53. The number of benzene rings is 1. The van der Waals surface area contributed by atoms with Gasteiger partial charge in [0.05, 0.1) is 4.92 Å². The molecule has 1 aliphatic heterocycles. The van der Waals surface area contributed by atoms with Crippen LogP contribution < -0.4 is 4.74 Å². The van der Waals surface area contributed by atoms with Gasteiger partial charge in [0, 0.05) is 24.8 Å². The lowest BCUT2D eigenvalue weighted by molar-refractivity contribution is -0.384. The second kappa shape index (κ2) is 6.96. The van der Waals surface area contributed by atoms with E-state index in [4.69, 9.17) is 9.15 Å². The first-order valence-corrected chi connectivity index (χ1v) is 7.74. The highest BCUT2D eigenvalue weighted by atomic mass is 19.4. The Morgan fingerprint density at radius 2 is 2.00 bits per heavy atom. The second-order valence-electron chi connectivity index (χ2n) is 5.74. The van der Waals surface area contributed by atoms with E-state index in [9.17, 15) is 33.2 Å². The molecule has 0 aliphatic carbocycles. The minimum atomic E-state index is -5.10. The first-order chi connectivity index (χ1) is 13.1. The van der Waals surface area contributed by atoms with Crippen molar-refractivity contribution in [2.45, 2.75) is 24.9 Å². The number of carbonyl (C=O) groups excluding carboxylic acids is 1. The van der Waals surface area contributed by atoms with Crippen molar-refractivity contribution in [3.63, 3.8) is 0 Å². The van der Waals surface area contributed by atoms with Crippen molar-refractivity contribution >= 4 is 17.8 Å². The van der Waals surface area contributed by atoms with Crippen LogP contribution in [0.5, 0.6) is 5.75 Å². The molecule has 0 fully saturated rings. The lowest BCUT2D eigenvalue weighted by Gasteiger charge is -2.31. The fraction of sp³-hybridized carbons (Fsp3) is 0.250. The van der Waals surface area contributed by atoms with Crippen LogP contribution in [-0.4, -0.2) is 39.1 Å². The summed E-state index contributed by atoms with van der Waals surface area (Å²) in [5.41, 5.74) is -3.56. The van der Waals surface area contributed by atoms with Crippen LogP contribution in [0.15, 0.2) is 45.9 Å². The zero-order valence-corrected chi connectivity index (χ0v) is 13.9. The summed E-state index contributed by atoms with van der Waals surface area (Å²) in [7, 11) is 0. The molecule has 9 nitrogen and oxygen atoms in total. The molecule has 0 unspecified atom stereocenters. The third-order valence-corrected chi connectivity index (χ3v) is 3.87. The van der Waals surface area contributed by atoms with E-state index in [1.807, 2.05) is 0 Å². The van der Waals surface area contributed by atoms with Crippen LogP contribution >= 0.6 is 0 Å². The molecule has 1 amide bonds. The summed E-state index contributed by atoms with van der Waals surface area (Å²) >= 11 is 0. The van der Waals surface area contributed by atoms with Crippen molar-refractivity contribution in [3.8, 4) is 5.75 Å². The molecule has 2 heterocycles. The molecule has 0 radical (unpaired) electrons. The topological polar surface area (TPSA) is 118 Å². The highest BCUT2D eigenvalue weighted by Crippen LogP contribution is 2.39. The number of halogens is 3. The Morgan fingerprint density at radius 1 is 1.32 bits per heavy atom. The average Bonchev–Trinajstić information content (AvgIpc) is 3.27. The zero-order chi connectivity index (χ0) is 20.5. The predicted molar refractivity (Wildman–Crippen MR) is 86.4 cm³/mol. The Morgan fingerprint density at radius 3 is 2.61 bits per heavy atom. The monoisotopic (exact) mass is 399 g/mol. The molecule has 0 saturated carbocycles. The van der Waals surface area contributed by atoms with E-state index >= 15 is 0 Å². The molecule has 28 heavy (non-hydrogen) atoms. The highest BCUT2D eigenvalue weighted by molar-refractivity contribution is 5.93. The van der Waals surface area contributed by atoms with Crippen LogP contribution in [0.25, 0.3) is 0 Å². The average molecular weight is 399 g/mol. The van der Waals surface area contributed by atoms with Gasteiger partial charge < -0.3 is 14.3 Å². The third-order valence-electron chi connectivity index (χ3n) is 3.87. The summed E-state index contributed by atoms with van der Waals surface area (Å²) in [4.78, 5) is 22.3. The van der Waals surface area contributed by atoms with Gasteiger partial charge in [-0.05, 0) is 24.3 Å². The summed E-state index contributed by atoms with van der Waals surface area (Å²) in [6.07, 6.45) is -5.21. The number of nitro benzene ring substituents is 1. The summed E-state index contributed by atoms with van der Waals surface area (Å²) < 4.78 is 49.7. The van der Waals surface area contributed by atoms with E-state index in [0.29, 0.717) is 0 Å². The molecular weight excluding hydrogens is 387 g/mol. The van der Waals surface area contributed by atoms with Crippen molar-refractivity contribution < 1.29 is 37.1 Å². The molecule has 1 N–H and O–H groups in total. The first-order valence-electron chi connectivity index (χ1n) is 7.74. The maximum absolute atomic E-state index is 13.0. The van der Waals surface area contributed by atoms with Gasteiger partial charge in [-0.2, -0.15) is 23.3 Å². The Bertz CT molecular complexity index is 924. The van der Waals surface area contributed by atoms with Gasteiger partial charge in [-0.25, -0.2) is 0 Å². The molecule has 1 aromatic carbocycles. The minimum absolute atomic E-state index is 0.0766. The van der Waals surface area contributed by atoms with Crippen molar-refractivity contribution in [1.82, 2.24) is 5.01 Å². The number of aliphatic hydroxyl groups is 1. The largest absolute Gasteiger partial charge is 0.486 e. The number of alkyl halides is 3. The minimum Gasteiger partial charge on any atom is -0.486 e. The predicted octanol–water partition coefficient (Wildman–Crippen LogP) is 2.85. The van der Waals surface area contributed by atoms with Crippen molar-refractivity contribution in [1.29, 1.82) is 0 Å². The van der Waals surface area contributed by atoms with E-state index in [0.717, 1.165) is 12.3 Å². The van der Waals surface area contributed by atoms with Gasteiger partial charge in [0.25, 0.3) is 11.4 Å². The molecule has 12 heteroatoms. The number of amides is 1. The number of rotatable bonds is 5. The maximum Gasteiger partial charge on any atom is 0.438 e. The molecule has 1 atom stereocenters. The number of furan rings is 1. The van der Waals surface area contributed by atoms with Crippen molar-refractivity contribution in [2.24, 2.45) is 5.10 Å². The molecule has 148 valence electrons. The maximum atomic E-state index is 13.0. The standard InChI is InChI=1S/C16H12F3N3O6/c17-16(18,19)15(24)7-8-20-21(15)14(23)13-6-5-12(28-13)9-27-11-3-1-10(2-4-11)22(25)26/h1-6,8,24H,7,9H2/t15-/m1/s1. The number of ether oxygens (including phenoxy) is 1. The number of hydrazone groups is 1. The van der Waals surface area contributed by atoms with Gasteiger partial charge >= 0.3 is 12.1 Å². The van der Waals surface area contributed by atoms with Crippen molar-refractivity contribution in [3.05, 3.63) is 58.0 Å². The van der Waals surface area contributed by atoms with Crippen molar-refractivity contribution in [2.75, 3.05) is 0 Å². The van der Waals surface area contributed by atoms with Crippen LogP contribution in [0.3, 0.4) is 0 Å². The van der Waals surface area contributed by atoms with Gasteiger partial charge in [-0.3, -0.25) is 14.9 Å². The normalized spacial score (nSPS) is 19.1. The van der Waals surface area contributed by atoms with E-state index < -0.39 is 34.9 Å². The summed E-state index contributed by atoms with van der Waals surface area (Å²) in [5, 5.41) is 23.6. The zero-order valence-electron chi connectivity index (χ0n) is 13.9. The quantitative estimate of drug-likeness (QED) is 0.610. The Balaban J connectivity index is 1.67. The smallest absolute Gasteiger partial charge is 0.438 e. The van der Waals surface area contributed by atoms with Gasteiger partial charge in [0.15, 0.2) is 5.76 Å². The van der Waals surface area contributed by atoms with Gasteiger partial charge in [0.1, 0.15) is 18.1 Å². The van der Waals surface area contributed by atoms with Crippen LogP contribution in [0.1, 0.15) is 22.7 Å². The molecule has 1 aromatic heterocycles. The van der Waals surface area contributed by atoms with E-state index in [-0.39, 0.29) is 28.8 Å². The fourth-order valence-corrected chi connectivity index (χ4v) is 2.38. The lowest BCUT2D eigenvalue weighted by Crippen LogP contribution is -2.56. The van der Waals surface area contributed by atoms with Crippen LogP contribution in [-0.2, 0) is 6.61 Å². The number of hydrogen-bond acceptors (Lipinski definition) is 7. The van der Waals surface area contributed by atoms with Crippen LogP contribution in [0.2, 0.25) is 0 Å². The molecule has 0 saturated heterocycles. The molecule has 0 bridgehead atoms. The van der Waals surface area contributed by atoms with E-state index in [2.05, 4.69) is 5.10 Å². The van der Waals surface area contributed by atoms with Crippen LogP contribution in [0, 0.1) is 10.1 Å². The van der Waals surface area contributed by atoms with Gasteiger partial charge in [0.2, 0.25) is 0 Å². The highest BCUT2D eigenvalue weighted by Gasteiger charge is 2.61. The first kappa shape index (κ1) is 19.4. The molecule has 3 rings (SSSR count). The molecule has 1 aliphatic rings. The molecule has 2 aromatic rings. The Labute approximate surface area is 154 Å². The number of nitrogens with zero attached hydrogens (tertiary/aromatic N) is 3.